The van der Waals surface area contributed by atoms with Crippen LogP contribution in [0.15, 0.2) is 36.4 Å². The first-order valence-corrected chi connectivity index (χ1v) is 10.6. The number of carbonyl (C=O) groups excluding carboxylic acids is 2. The van der Waals surface area contributed by atoms with Gasteiger partial charge in [-0.05, 0) is 75.6 Å². The molecule has 1 N–H and O–H groups in total. The Morgan fingerprint density at radius 2 is 1.60 bits per heavy atom. The van der Waals surface area contributed by atoms with Crippen molar-refractivity contribution in [3.8, 4) is 5.75 Å². The summed E-state index contributed by atoms with van der Waals surface area (Å²) in [5.41, 5.74) is 2.62. The summed E-state index contributed by atoms with van der Waals surface area (Å²) < 4.78 is 5.73. The molecule has 0 saturated carbocycles. The molecule has 0 spiro atoms. The number of halogens is 2. The van der Waals surface area contributed by atoms with E-state index in [0.29, 0.717) is 15.8 Å². The molecular formula is C23H28Cl2N2O3. The van der Waals surface area contributed by atoms with E-state index in [4.69, 9.17) is 27.9 Å². The summed E-state index contributed by atoms with van der Waals surface area (Å²) in [5, 5.41) is 4.15. The number of hydrogen-bond donors (Lipinski definition) is 1. The highest BCUT2D eigenvalue weighted by Gasteiger charge is 2.27. The highest BCUT2D eigenvalue weighted by molar-refractivity contribution is 6.32. The number of ether oxygens (including phenoxy) is 1. The van der Waals surface area contributed by atoms with Gasteiger partial charge in [0.25, 0.3) is 5.91 Å². The van der Waals surface area contributed by atoms with E-state index in [1.54, 1.807) is 31.2 Å². The van der Waals surface area contributed by atoms with Crippen LogP contribution in [0, 0.1) is 13.8 Å². The molecule has 0 aliphatic carbocycles. The fourth-order valence-electron chi connectivity index (χ4n) is 2.99. The van der Waals surface area contributed by atoms with Gasteiger partial charge in [-0.3, -0.25) is 9.59 Å². The Kier molecular flexibility index (Phi) is 8.56. The average molecular weight is 451 g/mol. The first-order valence-electron chi connectivity index (χ1n) is 9.82. The lowest BCUT2D eigenvalue weighted by molar-refractivity contribution is -0.142. The minimum atomic E-state index is -0.659. The minimum absolute atomic E-state index is 0.0244. The molecule has 7 heteroatoms. The Balaban J connectivity index is 2.18. The average Bonchev–Trinajstić information content (AvgIpc) is 2.68. The van der Waals surface area contributed by atoms with Crippen LogP contribution in [-0.4, -0.2) is 35.4 Å². The summed E-state index contributed by atoms with van der Waals surface area (Å²) in [4.78, 5) is 27.1. The van der Waals surface area contributed by atoms with Gasteiger partial charge in [0, 0.05) is 22.6 Å². The summed E-state index contributed by atoms with van der Waals surface area (Å²) >= 11 is 12.2. The molecule has 2 rings (SSSR count). The van der Waals surface area contributed by atoms with Crippen molar-refractivity contribution >= 4 is 35.0 Å². The van der Waals surface area contributed by atoms with E-state index in [9.17, 15) is 9.59 Å². The maximum absolute atomic E-state index is 13.0. The van der Waals surface area contributed by atoms with Crippen molar-refractivity contribution in [1.29, 1.82) is 0 Å². The molecule has 1 unspecified atom stereocenters. The van der Waals surface area contributed by atoms with Crippen molar-refractivity contribution in [1.82, 2.24) is 10.2 Å². The Hall–Kier alpha value is -2.24. The molecule has 2 aromatic rings. The fraction of sp³-hybridized carbons (Fsp3) is 0.391. The molecule has 0 heterocycles. The topological polar surface area (TPSA) is 58.6 Å². The summed E-state index contributed by atoms with van der Waals surface area (Å²) in [6.07, 6.45) is 0. The second kappa shape index (κ2) is 10.7. The standard InChI is InChI=1S/C23H28Cl2N2O3/c1-14(2)26-23(29)17(5)27(12-18-6-8-19(24)9-7-18)21(28)13-30-20-10-15(3)22(25)16(4)11-20/h6-11,14,17H,12-13H2,1-5H3,(H,26,29). The predicted molar refractivity (Wildman–Crippen MR) is 121 cm³/mol. The summed E-state index contributed by atoms with van der Waals surface area (Å²) in [6, 6.07) is 10.1. The largest absolute Gasteiger partial charge is 0.484 e. The normalized spacial score (nSPS) is 11.9. The minimum Gasteiger partial charge on any atom is -0.484 e. The number of carbonyl (C=O) groups is 2. The molecule has 0 fully saturated rings. The van der Waals surface area contributed by atoms with Crippen LogP contribution in [0.3, 0.4) is 0 Å². The summed E-state index contributed by atoms with van der Waals surface area (Å²) in [6.45, 7) is 9.32. The van der Waals surface area contributed by atoms with Gasteiger partial charge in [0.1, 0.15) is 11.8 Å². The molecule has 0 aromatic heterocycles. The molecule has 0 saturated heterocycles. The second-order valence-corrected chi connectivity index (χ2v) is 8.46. The van der Waals surface area contributed by atoms with Gasteiger partial charge in [0.05, 0.1) is 0 Å². The van der Waals surface area contributed by atoms with Gasteiger partial charge >= 0.3 is 0 Å². The van der Waals surface area contributed by atoms with Crippen molar-refractivity contribution in [3.05, 3.63) is 63.1 Å². The zero-order valence-corrected chi connectivity index (χ0v) is 19.5. The fourth-order valence-corrected chi connectivity index (χ4v) is 3.23. The molecule has 1 atom stereocenters. The lowest BCUT2D eigenvalue weighted by Gasteiger charge is -2.29. The van der Waals surface area contributed by atoms with Crippen LogP contribution in [0.2, 0.25) is 10.0 Å². The quantitative estimate of drug-likeness (QED) is 0.619. The zero-order valence-electron chi connectivity index (χ0n) is 18.0. The first-order chi connectivity index (χ1) is 14.1. The highest BCUT2D eigenvalue weighted by atomic mass is 35.5. The molecule has 5 nitrogen and oxygen atoms in total. The van der Waals surface area contributed by atoms with E-state index in [2.05, 4.69) is 5.32 Å². The van der Waals surface area contributed by atoms with E-state index in [-0.39, 0.29) is 31.0 Å². The van der Waals surface area contributed by atoms with Crippen molar-refractivity contribution in [2.45, 2.75) is 53.2 Å². The number of nitrogens with one attached hydrogen (secondary N) is 1. The van der Waals surface area contributed by atoms with Crippen LogP contribution >= 0.6 is 23.2 Å². The van der Waals surface area contributed by atoms with Crippen molar-refractivity contribution < 1.29 is 14.3 Å². The van der Waals surface area contributed by atoms with Crippen molar-refractivity contribution in [3.63, 3.8) is 0 Å². The number of hydrogen-bond acceptors (Lipinski definition) is 3. The summed E-state index contributed by atoms with van der Waals surface area (Å²) in [5.74, 6) is 0.0561. The number of rotatable bonds is 8. The number of benzene rings is 2. The predicted octanol–water partition coefficient (Wildman–Crippen LogP) is 4.93. The maximum Gasteiger partial charge on any atom is 0.261 e. The van der Waals surface area contributed by atoms with Crippen LogP contribution in [0.5, 0.6) is 5.75 Å². The molecular weight excluding hydrogens is 423 g/mol. The molecule has 0 radical (unpaired) electrons. The van der Waals surface area contributed by atoms with Gasteiger partial charge < -0.3 is 15.0 Å². The Morgan fingerprint density at radius 1 is 1.03 bits per heavy atom. The Bertz CT molecular complexity index is 875. The Labute approximate surface area is 188 Å². The van der Waals surface area contributed by atoms with Crippen LogP contribution in [0.1, 0.15) is 37.5 Å². The highest BCUT2D eigenvalue weighted by Crippen LogP contribution is 2.26. The van der Waals surface area contributed by atoms with E-state index in [1.807, 2.05) is 39.8 Å². The molecule has 0 bridgehead atoms. The van der Waals surface area contributed by atoms with Gasteiger partial charge in [0.15, 0.2) is 6.61 Å². The van der Waals surface area contributed by atoms with Crippen LogP contribution in [0.4, 0.5) is 0 Å². The van der Waals surface area contributed by atoms with Crippen LogP contribution in [0.25, 0.3) is 0 Å². The number of amides is 2. The smallest absolute Gasteiger partial charge is 0.261 e. The number of aryl methyl sites for hydroxylation is 2. The third-order valence-corrected chi connectivity index (χ3v) is 5.48. The van der Waals surface area contributed by atoms with Gasteiger partial charge in [0.2, 0.25) is 5.91 Å². The molecule has 0 aliphatic rings. The molecule has 0 aliphatic heterocycles. The zero-order chi connectivity index (χ0) is 22.4. The third-order valence-electron chi connectivity index (χ3n) is 4.64. The van der Waals surface area contributed by atoms with E-state index in [1.165, 1.54) is 4.90 Å². The van der Waals surface area contributed by atoms with Gasteiger partial charge in [-0.2, -0.15) is 0 Å². The molecule has 30 heavy (non-hydrogen) atoms. The molecule has 2 aromatic carbocycles. The SMILES string of the molecule is Cc1cc(OCC(=O)N(Cc2ccc(Cl)cc2)C(C)C(=O)NC(C)C)cc(C)c1Cl. The van der Waals surface area contributed by atoms with E-state index in [0.717, 1.165) is 16.7 Å². The Morgan fingerprint density at radius 3 is 2.13 bits per heavy atom. The van der Waals surface area contributed by atoms with E-state index < -0.39 is 6.04 Å². The number of nitrogens with zero attached hydrogens (tertiary/aromatic N) is 1. The van der Waals surface area contributed by atoms with Gasteiger partial charge in [-0.1, -0.05) is 35.3 Å². The molecule has 162 valence electrons. The lowest BCUT2D eigenvalue weighted by Crippen LogP contribution is -2.50. The van der Waals surface area contributed by atoms with Gasteiger partial charge in [-0.15, -0.1) is 0 Å². The van der Waals surface area contributed by atoms with Crippen molar-refractivity contribution in [2.24, 2.45) is 0 Å². The van der Waals surface area contributed by atoms with E-state index >= 15 is 0 Å². The lowest BCUT2D eigenvalue weighted by atomic mass is 10.1. The second-order valence-electron chi connectivity index (χ2n) is 7.65. The third kappa shape index (κ3) is 6.64. The van der Waals surface area contributed by atoms with Gasteiger partial charge in [-0.25, -0.2) is 0 Å². The maximum atomic E-state index is 13.0. The molecule has 2 amide bonds. The monoisotopic (exact) mass is 450 g/mol. The van der Waals surface area contributed by atoms with Crippen LogP contribution < -0.4 is 10.1 Å². The van der Waals surface area contributed by atoms with Crippen molar-refractivity contribution in [2.75, 3.05) is 6.61 Å². The summed E-state index contributed by atoms with van der Waals surface area (Å²) in [7, 11) is 0. The van der Waals surface area contributed by atoms with Crippen LogP contribution in [-0.2, 0) is 16.1 Å². The first kappa shape index (κ1) is 24.0.